The standard InChI is InChI=1S/C15H21F2NO3S/c1-11(13-3-4-14(16)15(17)9-13)18(2)22(19,20)10-12-5-7-21-8-6-12/h3-4,9,11-12H,5-8,10H2,1-2H3. The van der Waals surface area contributed by atoms with Gasteiger partial charge in [-0.3, -0.25) is 0 Å². The topological polar surface area (TPSA) is 46.6 Å². The SMILES string of the molecule is CC(c1ccc(F)c(F)c1)N(C)S(=O)(=O)CC1CCOCC1. The maximum Gasteiger partial charge on any atom is 0.214 e. The highest BCUT2D eigenvalue weighted by atomic mass is 32.2. The first-order valence-electron chi connectivity index (χ1n) is 7.29. The normalized spacial score (nSPS) is 18.6. The minimum absolute atomic E-state index is 0.0564. The molecular formula is C15H21F2NO3S. The Kier molecular flexibility index (Phi) is 5.52. The molecule has 0 amide bonds. The van der Waals surface area contributed by atoms with E-state index in [1.54, 1.807) is 6.92 Å². The van der Waals surface area contributed by atoms with Crippen molar-refractivity contribution in [2.75, 3.05) is 26.0 Å². The van der Waals surface area contributed by atoms with Crippen LogP contribution in [0.15, 0.2) is 18.2 Å². The molecule has 0 aliphatic carbocycles. The van der Waals surface area contributed by atoms with E-state index in [1.165, 1.54) is 17.4 Å². The Balaban J connectivity index is 2.10. The average Bonchev–Trinajstić information content (AvgIpc) is 2.49. The molecule has 1 aromatic carbocycles. The predicted octanol–water partition coefficient (Wildman–Crippen LogP) is 2.71. The van der Waals surface area contributed by atoms with Gasteiger partial charge in [0.15, 0.2) is 11.6 Å². The van der Waals surface area contributed by atoms with E-state index < -0.39 is 27.7 Å². The first kappa shape index (κ1) is 17.3. The Morgan fingerprint density at radius 3 is 2.50 bits per heavy atom. The van der Waals surface area contributed by atoms with Crippen LogP contribution in [0.1, 0.15) is 31.4 Å². The van der Waals surface area contributed by atoms with Crippen LogP contribution in [0, 0.1) is 17.6 Å². The highest BCUT2D eigenvalue weighted by Gasteiger charge is 2.29. The minimum Gasteiger partial charge on any atom is -0.381 e. The van der Waals surface area contributed by atoms with Crippen molar-refractivity contribution in [1.29, 1.82) is 0 Å². The zero-order chi connectivity index (χ0) is 16.3. The first-order valence-corrected chi connectivity index (χ1v) is 8.90. The second-order valence-electron chi connectivity index (χ2n) is 5.70. The fourth-order valence-electron chi connectivity index (χ4n) is 2.55. The highest BCUT2D eigenvalue weighted by molar-refractivity contribution is 7.89. The summed E-state index contributed by atoms with van der Waals surface area (Å²) in [6.07, 6.45) is 1.46. The van der Waals surface area contributed by atoms with Crippen LogP contribution < -0.4 is 0 Å². The summed E-state index contributed by atoms with van der Waals surface area (Å²) in [5.74, 6) is -1.78. The van der Waals surface area contributed by atoms with E-state index in [0.29, 0.717) is 18.8 Å². The van der Waals surface area contributed by atoms with Gasteiger partial charge >= 0.3 is 0 Å². The smallest absolute Gasteiger partial charge is 0.214 e. The molecule has 1 atom stereocenters. The third kappa shape index (κ3) is 4.02. The fourth-order valence-corrected chi connectivity index (χ4v) is 4.32. The maximum atomic E-state index is 13.3. The second-order valence-corrected chi connectivity index (χ2v) is 7.77. The molecule has 0 bridgehead atoms. The molecule has 0 saturated carbocycles. The van der Waals surface area contributed by atoms with Crippen molar-refractivity contribution in [3.05, 3.63) is 35.4 Å². The van der Waals surface area contributed by atoms with Crippen LogP contribution in [0.5, 0.6) is 0 Å². The van der Waals surface area contributed by atoms with E-state index in [-0.39, 0.29) is 11.7 Å². The van der Waals surface area contributed by atoms with Crippen LogP contribution in [-0.4, -0.2) is 38.7 Å². The fraction of sp³-hybridized carbons (Fsp3) is 0.600. The molecule has 0 N–H and O–H groups in total. The molecule has 0 aromatic heterocycles. The number of sulfonamides is 1. The van der Waals surface area contributed by atoms with Gasteiger partial charge in [0.1, 0.15) is 0 Å². The molecule has 1 aromatic rings. The Morgan fingerprint density at radius 2 is 1.91 bits per heavy atom. The van der Waals surface area contributed by atoms with Crippen molar-refractivity contribution in [2.24, 2.45) is 5.92 Å². The quantitative estimate of drug-likeness (QED) is 0.832. The predicted molar refractivity (Wildman–Crippen MR) is 79.9 cm³/mol. The lowest BCUT2D eigenvalue weighted by Crippen LogP contribution is -2.35. The van der Waals surface area contributed by atoms with Gasteiger partial charge < -0.3 is 4.74 Å². The van der Waals surface area contributed by atoms with Gasteiger partial charge in [-0.1, -0.05) is 6.07 Å². The maximum absolute atomic E-state index is 13.3. The third-order valence-electron chi connectivity index (χ3n) is 4.20. The monoisotopic (exact) mass is 333 g/mol. The molecule has 1 aliphatic rings. The van der Waals surface area contributed by atoms with Gasteiger partial charge in [-0.05, 0) is 43.4 Å². The van der Waals surface area contributed by atoms with Crippen LogP contribution in [0.25, 0.3) is 0 Å². The molecule has 1 fully saturated rings. The minimum atomic E-state index is -3.47. The van der Waals surface area contributed by atoms with E-state index in [4.69, 9.17) is 4.74 Å². The molecule has 4 nitrogen and oxygen atoms in total. The molecular weight excluding hydrogens is 312 g/mol. The van der Waals surface area contributed by atoms with Crippen molar-refractivity contribution in [1.82, 2.24) is 4.31 Å². The van der Waals surface area contributed by atoms with Crippen molar-refractivity contribution in [2.45, 2.75) is 25.8 Å². The molecule has 1 heterocycles. The number of hydrogen-bond acceptors (Lipinski definition) is 3. The molecule has 0 spiro atoms. The summed E-state index contributed by atoms with van der Waals surface area (Å²) >= 11 is 0. The molecule has 1 unspecified atom stereocenters. The highest BCUT2D eigenvalue weighted by Crippen LogP contribution is 2.26. The van der Waals surface area contributed by atoms with Gasteiger partial charge in [-0.25, -0.2) is 17.2 Å². The van der Waals surface area contributed by atoms with Crippen molar-refractivity contribution in [3.8, 4) is 0 Å². The number of hydrogen-bond donors (Lipinski definition) is 0. The Hall–Kier alpha value is -1.05. The summed E-state index contributed by atoms with van der Waals surface area (Å²) in [5, 5.41) is 0. The second kappa shape index (κ2) is 7.02. The molecule has 124 valence electrons. The third-order valence-corrected chi connectivity index (χ3v) is 6.28. The zero-order valence-electron chi connectivity index (χ0n) is 12.8. The lowest BCUT2D eigenvalue weighted by atomic mass is 10.0. The lowest BCUT2D eigenvalue weighted by molar-refractivity contribution is 0.0720. The Bertz CT molecular complexity index is 615. The molecule has 0 radical (unpaired) electrons. The Labute approximate surface area is 130 Å². The van der Waals surface area contributed by atoms with E-state index in [1.807, 2.05) is 0 Å². The van der Waals surface area contributed by atoms with Gasteiger partial charge in [-0.2, -0.15) is 4.31 Å². The number of ether oxygens (including phenoxy) is 1. The number of benzene rings is 1. The van der Waals surface area contributed by atoms with Crippen molar-refractivity contribution < 1.29 is 21.9 Å². The lowest BCUT2D eigenvalue weighted by Gasteiger charge is -2.28. The van der Waals surface area contributed by atoms with E-state index in [2.05, 4.69) is 0 Å². The van der Waals surface area contributed by atoms with Crippen LogP contribution >= 0.6 is 0 Å². The summed E-state index contributed by atoms with van der Waals surface area (Å²) in [7, 11) is -2.00. The largest absolute Gasteiger partial charge is 0.381 e. The number of rotatable bonds is 5. The van der Waals surface area contributed by atoms with Crippen LogP contribution in [0.3, 0.4) is 0 Å². The summed E-state index contributed by atoms with van der Waals surface area (Å²) in [4.78, 5) is 0. The van der Waals surface area contributed by atoms with Gasteiger partial charge in [0, 0.05) is 26.3 Å². The molecule has 22 heavy (non-hydrogen) atoms. The summed E-state index contributed by atoms with van der Waals surface area (Å²) in [5.41, 5.74) is 0.428. The Morgan fingerprint density at radius 1 is 1.27 bits per heavy atom. The van der Waals surface area contributed by atoms with Gasteiger partial charge in [0.2, 0.25) is 10.0 Å². The van der Waals surface area contributed by atoms with E-state index in [0.717, 1.165) is 25.0 Å². The first-order chi connectivity index (χ1) is 10.3. The summed E-state index contributed by atoms with van der Waals surface area (Å²) in [6.45, 7) is 2.83. The molecule has 1 aliphatic heterocycles. The van der Waals surface area contributed by atoms with Crippen molar-refractivity contribution >= 4 is 10.0 Å². The van der Waals surface area contributed by atoms with E-state index >= 15 is 0 Å². The summed E-state index contributed by atoms with van der Waals surface area (Å²) < 4.78 is 57.7. The average molecular weight is 333 g/mol. The van der Waals surface area contributed by atoms with Crippen LogP contribution in [0.4, 0.5) is 8.78 Å². The van der Waals surface area contributed by atoms with Crippen LogP contribution in [0.2, 0.25) is 0 Å². The molecule has 7 heteroatoms. The van der Waals surface area contributed by atoms with Gasteiger partial charge in [-0.15, -0.1) is 0 Å². The number of halogens is 2. The summed E-state index contributed by atoms with van der Waals surface area (Å²) in [6, 6.07) is 2.91. The van der Waals surface area contributed by atoms with Gasteiger partial charge in [0.05, 0.1) is 5.75 Å². The molecule has 1 saturated heterocycles. The van der Waals surface area contributed by atoms with E-state index in [9.17, 15) is 17.2 Å². The van der Waals surface area contributed by atoms with Crippen LogP contribution in [-0.2, 0) is 14.8 Å². The zero-order valence-corrected chi connectivity index (χ0v) is 13.6. The van der Waals surface area contributed by atoms with Gasteiger partial charge in [0.25, 0.3) is 0 Å². The number of nitrogens with zero attached hydrogens (tertiary/aromatic N) is 1. The van der Waals surface area contributed by atoms with Crippen molar-refractivity contribution in [3.63, 3.8) is 0 Å². The molecule has 2 rings (SSSR count).